The molecule has 1 rings (SSSR count). The summed E-state index contributed by atoms with van der Waals surface area (Å²) in [6.45, 7) is 3.45. The van der Waals surface area contributed by atoms with Gasteiger partial charge in [0.15, 0.2) is 0 Å². The lowest BCUT2D eigenvalue weighted by Crippen LogP contribution is -2.36. The third-order valence-corrected chi connectivity index (χ3v) is 3.00. The average Bonchev–Trinajstić information content (AvgIpc) is 2.41. The van der Waals surface area contributed by atoms with Crippen LogP contribution in [0.3, 0.4) is 0 Å². The van der Waals surface area contributed by atoms with Crippen molar-refractivity contribution in [1.29, 1.82) is 0 Å². The van der Waals surface area contributed by atoms with Gasteiger partial charge in [-0.05, 0) is 37.1 Å². The molecule has 19 heavy (non-hydrogen) atoms. The highest BCUT2D eigenvalue weighted by Gasteiger charge is 2.12. The van der Waals surface area contributed by atoms with E-state index in [1.54, 1.807) is 29.2 Å². The van der Waals surface area contributed by atoms with Crippen LogP contribution in [-0.2, 0) is 0 Å². The number of halogens is 1. The highest BCUT2D eigenvalue weighted by atomic mass is 35.5. The Balaban J connectivity index is 2.56. The monoisotopic (exact) mass is 284 g/mol. The largest absolute Gasteiger partial charge is 0.396 e. The lowest BCUT2D eigenvalue weighted by atomic mass is 10.3. The zero-order chi connectivity index (χ0) is 14.1. The maximum Gasteiger partial charge on any atom is 0.321 e. The predicted molar refractivity (Wildman–Crippen MR) is 78.7 cm³/mol. The molecule has 4 nitrogen and oxygen atoms in total. The van der Waals surface area contributed by atoms with Crippen molar-refractivity contribution in [3.63, 3.8) is 0 Å². The lowest BCUT2D eigenvalue weighted by Gasteiger charge is -2.22. The molecular weight excluding hydrogens is 264 g/mol. The van der Waals surface area contributed by atoms with Gasteiger partial charge >= 0.3 is 6.03 Å². The summed E-state index contributed by atoms with van der Waals surface area (Å²) < 4.78 is 0. The van der Waals surface area contributed by atoms with Gasteiger partial charge in [0.1, 0.15) is 0 Å². The number of carbonyl (C=O) groups is 1. The molecule has 0 radical (unpaired) electrons. The molecule has 0 saturated heterocycles. The van der Waals surface area contributed by atoms with Gasteiger partial charge in [0.2, 0.25) is 0 Å². The van der Waals surface area contributed by atoms with E-state index in [0.29, 0.717) is 24.5 Å². The number of unbranched alkanes of at least 4 members (excludes halogenated alkanes) is 1. The van der Waals surface area contributed by atoms with Gasteiger partial charge < -0.3 is 15.3 Å². The van der Waals surface area contributed by atoms with E-state index in [9.17, 15) is 4.79 Å². The Morgan fingerprint density at radius 2 is 1.89 bits per heavy atom. The first kappa shape index (κ1) is 15.8. The molecule has 0 aromatic heterocycles. The zero-order valence-electron chi connectivity index (χ0n) is 11.2. The van der Waals surface area contributed by atoms with Gasteiger partial charge in [0, 0.05) is 30.4 Å². The van der Waals surface area contributed by atoms with Gasteiger partial charge in [0.05, 0.1) is 0 Å². The molecule has 0 aliphatic rings. The Kier molecular flexibility index (Phi) is 7.30. The molecule has 0 bridgehead atoms. The summed E-state index contributed by atoms with van der Waals surface area (Å²) >= 11 is 5.80. The highest BCUT2D eigenvalue weighted by molar-refractivity contribution is 6.30. The van der Waals surface area contributed by atoms with Crippen molar-refractivity contribution in [2.45, 2.75) is 26.2 Å². The highest BCUT2D eigenvalue weighted by Crippen LogP contribution is 2.14. The summed E-state index contributed by atoms with van der Waals surface area (Å²) in [5, 5.41) is 12.3. The Bertz CT molecular complexity index is 374. The van der Waals surface area contributed by atoms with Gasteiger partial charge in [-0.3, -0.25) is 0 Å². The Hall–Kier alpha value is -1.26. The first-order valence-corrected chi connectivity index (χ1v) is 6.97. The van der Waals surface area contributed by atoms with Crippen LogP contribution in [0, 0.1) is 0 Å². The number of hydrogen-bond donors (Lipinski definition) is 2. The molecule has 0 heterocycles. The van der Waals surface area contributed by atoms with Crippen LogP contribution in [0.4, 0.5) is 10.5 Å². The summed E-state index contributed by atoms with van der Waals surface area (Å²) in [4.78, 5) is 13.8. The minimum Gasteiger partial charge on any atom is -0.396 e. The second kappa shape index (κ2) is 8.77. The van der Waals surface area contributed by atoms with E-state index in [4.69, 9.17) is 16.7 Å². The molecule has 1 aromatic carbocycles. The number of rotatable bonds is 7. The molecule has 5 heteroatoms. The van der Waals surface area contributed by atoms with E-state index < -0.39 is 0 Å². The quantitative estimate of drug-likeness (QED) is 0.807. The first-order valence-electron chi connectivity index (χ1n) is 6.59. The second-order valence-corrected chi connectivity index (χ2v) is 4.79. The Morgan fingerprint density at radius 3 is 2.47 bits per heavy atom. The number of carbonyl (C=O) groups excluding carboxylic acids is 1. The van der Waals surface area contributed by atoms with Crippen molar-refractivity contribution in [1.82, 2.24) is 4.90 Å². The second-order valence-electron chi connectivity index (χ2n) is 4.35. The number of aliphatic hydroxyl groups is 1. The number of nitrogens with one attached hydrogen (secondary N) is 1. The van der Waals surface area contributed by atoms with Crippen LogP contribution in [0.25, 0.3) is 0 Å². The molecule has 0 aliphatic carbocycles. The Labute approximate surface area is 119 Å². The van der Waals surface area contributed by atoms with Crippen molar-refractivity contribution >= 4 is 23.3 Å². The summed E-state index contributed by atoms with van der Waals surface area (Å²) in [7, 11) is 0. The maximum absolute atomic E-state index is 12.1. The van der Waals surface area contributed by atoms with Gasteiger partial charge in [0.25, 0.3) is 0 Å². The van der Waals surface area contributed by atoms with E-state index in [-0.39, 0.29) is 12.6 Å². The minimum absolute atomic E-state index is 0.0941. The van der Waals surface area contributed by atoms with Gasteiger partial charge in [-0.15, -0.1) is 0 Å². The fourth-order valence-electron chi connectivity index (χ4n) is 1.66. The van der Waals surface area contributed by atoms with Gasteiger partial charge in [-0.2, -0.15) is 0 Å². The normalized spacial score (nSPS) is 10.3. The van der Waals surface area contributed by atoms with Crippen LogP contribution < -0.4 is 5.32 Å². The van der Waals surface area contributed by atoms with E-state index in [1.165, 1.54) is 0 Å². The molecule has 1 aromatic rings. The van der Waals surface area contributed by atoms with E-state index >= 15 is 0 Å². The van der Waals surface area contributed by atoms with Crippen LogP contribution >= 0.6 is 11.6 Å². The van der Waals surface area contributed by atoms with Crippen LogP contribution in [-0.4, -0.2) is 35.7 Å². The topological polar surface area (TPSA) is 52.6 Å². The van der Waals surface area contributed by atoms with Crippen molar-refractivity contribution in [3.05, 3.63) is 29.3 Å². The predicted octanol–water partition coefficient (Wildman–Crippen LogP) is 3.36. The number of anilines is 1. The molecule has 0 aliphatic heterocycles. The summed E-state index contributed by atoms with van der Waals surface area (Å²) in [5.74, 6) is 0. The number of nitrogens with zero attached hydrogens (tertiary/aromatic N) is 1. The third-order valence-electron chi connectivity index (χ3n) is 2.75. The van der Waals surface area contributed by atoms with Gasteiger partial charge in [-0.25, -0.2) is 4.79 Å². The zero-order valence-corrected chi connectivity index (χ0v) is 12.0. The van der Waals surface area contributed by atoms with Crippen molar-refractivity contribution in [2.75, 3.05) is 25.0 Å². The van der Waals surface area contributed by atoms with E-state index in [0.717, 1.165) is 18.5 Å². The summed E-state index contributed by atoms with van der Waals surface area (Å²) in [6, 6.07) is 6.88. The van der Waals surface area contributed by atoms with Crippen LogP contribution in [0.5, 0.6) is 0 Å². The molecule has 0 fully saturated rings. The Morgan fingerprint density at radius 1 is 1.26 bits per heavy atom. The molecule has 0 saturated carbocycles. The summed E-state index contributed by atoms with van der Waals surface area (Å²) in [5.41, 5.74) is 0.722. The van der Waals surface area contributed by atoms with Crippen LogP contribution in [0.15, 0.2) is 24.3 Å². The molecule has 2 amide bonds. The fourth-order valence-corrected chi connectivity index (χ4v) is 1.79. The molecule has 0 atom stereocenters. The minimum atomic E-state index is -0.135. The summed E-state index contributed by atoms with van der Waals surface area (Å²) in [6.07, 6.45) is 2.58. The van der Waals surface area contributed by atoms with Crippen molar-refractivity contribution in [3.8, 4) is 0 Å². The molecule has 106 valence electrons. The lowest BCUT2D eigenvalue weighted by molar-refractivity contribution is 0.201. The average molecular weight is 285 g/mol. The standard InChI is InChI=1S/C14H21ClN2O2/c1-2-3-9-17(10-4-11-18)14(19)16-13-7-5-12(15)6-8-13/h5-8,18H,2-4,9-11H2,1H3,(H,16,19). The number of hydrogen-bond acceptors (Lipinski definition) is 2. The van der Waals surface area contributed by atoms with E-state index in [2.05, 4.69) is 12.2 Å². The van der Waals surface area contributed by atoms with E-state index in [1.807, 2.05) is 0 Å². The van der Waals surface area contributed by atoms with Gasteiger partial charge in [-0.1, -0.05) is 24.9 Å². The first-order chi connectivity index (χ1) is 9.17. The fraction of sp³-hybridized carbons (Fsp3) is 0.500. The van der Waals surface area contributed by atoms with Crippen molar-refractivity contribution < 1.29 is 9.90 Å². The number of urea groups is 1. The smallest absolute Gasteiger partial charge is 0.321 e. The SMILES string of the molecule is CCCCN(CCCO)C(=O)Nc1ccc(Cl)cc1. The van der Waals surface area contributed by atoms with Crippen molar-refractivity contribution in [2.24, 2.45) is 0 Å². The number of amides is 2. The molecular formula is C14H21ClN2O2. The molecule has 2 N–H and O–H groups in total. The van der Waals surface area contributed by atoms with Crippen LogP contribution in [0.2, 0.25) is 5.02 Å². The van der Waals surface area contributed by atoms with Crippen LogP contribution in [0.1, 0.15) is 26.2 Å². The molecule has 0 spiro atoms. The third kappa shape index (κ3) is 5.94. The number of aliphatic hydroxyl groups excluding tert-OH is 1. The number of benzene rings is 1. The maximum atomic E-state index is 12.1. The molecule has 0 unspecified atom stereocenters.